The highest BCUT2D eigenvalue weighted by Crippen LogP contribution is 2.30. The first-order valence-corrected chi connectivity index (χ1v) is 9.44. The summed E-state index contributed by atoms with van der Waals surface area (Å²) in [4.78, 5) is 20.1. The summed E-state index contributed by atoms with van der Waals surface area (Å²) in [6.07, 6.45) is 1.82. The number of carbonyl (C=O) groups excluding carboxylic acids is 1. The minimum absolute atomic E-state index is 0.198. The molecule has 1 amide bonds. The molecule has 140 valence electrons. The van der Waals surface area contributed by atoms with E-state index in [1.807, 2.05) is 36.5 Å². The van der Waals surface area contributed by atoms with Crippen LogP contribution in [0.4, 0.5) is 0 Å². The van der Waals surface area contributed by atoms with Crippen LogP contribution in [0.15, 0.2) is 59.9 Å². The van der Waals surface area contributed by atoms with Gasteiger partial charge >= 0.3 is 0 Å². The lowest BCUT2D eigenvalue weighted by molar-refractivity contribution is 0.0952. The molecule has 0 spiro atoms. The third kappa shape index (κ3) is 4.62. The quantitative estimate of drug-likeness (QED) is 0.459. The molecule has 27 heavy (non-hydrogen) atoms. The normalized spacial score (nSPS) is 10.4. The van der Waals surface area contributed by atoms with Gasteiger partial charge in [-0.3, -0.25) is 4.79 Å². The summed E-state index contributed by atoms with van der Waals surface area (Å²) in [6, 6.07) is 15.3. The van der Waals surface area contributed by atoms with E-state index < -0.39 is 0 Å². The largest absolute Gasteiger partial charge is 0.493 e. The summed E-state index contributed by atoms with van der Waals surface area (Å²) in [5.74, 6) is 1.46. The number of hydrogen-bond acceptors (Lipinski definition) is 5. The zero-order valence-electron chi connectivity index (χ0n) is 15.2. The Bertz CT molecular complexity index is 896. The lowest BCUT2D eigenvalue weighted by Gasteiger charge is -2.12. The zero-order chi connectivity index (χ0) is 19.1. The molecule has 1 heterocycles. The molecule has 0 aliphatic heterocycles. The molecule has 0 saturated carbocycles. The first-order valence-electron chi connectivity index (χ1n) is 8.45. The Balaban J connectivity index is 1.52. The smallest absolute Gasteiger partial charge is 0.255 e. The Hall–Kier alpha value is -2.93. The fourth-order valence-corrected chi connectivity index (χ4v) is 3.32. The van der Waals surface area contributed by atoms with Gasteiger partial charge in [0, 0.05) is 12.3 Å². The van der Waals surface area contributed by atoms with Gasteiger partial charge in [0.15, 0.2) is 16.7 Å². The average molecular weight is 383 g/mol. The molecule has 0 saturated heterocycles. The summed E-state index contributed by atoms with van der Waals surface area (Å²) in [7, 11) is 3.06. The van der Waals surface area contributed by atoms with Gasteiger partial charge in [-0.15, -0.1) is 0 Å². The standard InChI is InChI=1S/C20H21N3O3S/c1-25-17-10-6-9-15(18(17)26-2)19(24)21-11-12-27-20-22-13-16(23-20)14-7-4-3-5-8-14/h3-10,13H,11-12H2,1-2H3,(H,21,24)(H,22,23). The molecule has 0 bridgehead atoms. The van der Waals surface area contributed by atoms with Crippen LogP contribution in [0.3, 0.4) is 0 Å². The SMILES string of the molecule is COc1cccc(C(=O)NCCSc2ncc(-c3ccccc3)[nH]2)c1OC. The highest BCUT2D eigenvalue weighted by atomic mass is 32.2. The molecule has 0 aliphatic rings. The number of rotatable bonds is 8. The number of benzene rings is 2. The number of hydrogen-bond donors (Lipinski definition) is 2. The van der Waals surface area contributed by atoms with Crippen LogP contribution >= 0.6 is 11.8 Å². The molecule has 7 heteroatoms. The number of para-hydroxylation sites is 1. The van der Waals surface area contributed by atoms with Crippen molar-refractivity contribution in [1.82, 2.24) is 15.3 Å². The fourth-order valence-electron chi connectivity index (χ4n) is 2.61. The topological polar surface area (TPSA) is 76.2 Å². The number of ether oxygens (including phenoxy) is 2. The molecular weight excluding hydrogens is 362 g/mol. The Kier molecular flexibility index (Phi) is 6.38. The second-order valence-corrected chi connectivity index (χ2v) is 6.70. The van der Waals surface area contributed by atoms with E-state index in [2.05, 4.69) is 15.3 Å². The molecule has 2 aromatic carbocycles. The summed E-state index contributed by atoms with van der Waals surface area (Å²) in [6.45, 7) is 0.505. The lowest BCUT2D eigenvalue weighted by Crippen LogP contribution is -2.26. The van der Waals surface area contributed by atoms with Gasteiger partial charge in [-0.2, -0.15) is 0 Å². The molecule has 0 fully saturated rings. The number of nitrogens with zero attached hydrogens (tertiary/aromatic N) is 1. The van der Waals surface area contributed by atoms with Crippen molar-refractivity contribution < 1.29 is 14.3 Å². The number of amides is 1. The van der Waals surface area contributed by atoms with Crippen LogP contribution in [0.2, 0.25) is 0 Å². The molecule has 3 rings (SSSR count). The predicted octanol–water partition coefficient (Wildman–Crippen LogP) is 3.62. The van der Waals surface area contributed by atoms with E-state index in [4.69, 9.17) is 9.47 Å². The van der Waals surface area contributed by atoms with Crippen molar-refractivity contribution in [3.05, 3.63) is 60.3 Å². The number of nitrogens with one attached hydrogen (secondary N) is 2. The highest BCUT2D eigenvalue weighted by Gasteiger charge is 2.15. The van der Waals surface area contributed by atoms with Crippen molar-refractivity contribution in [1.29, 1.82) is 0 Å². The minimum atomic E-state index is -0.198. The predicted molar refractivity (Wildman–Crippen MR) is 107 cm³/mol. The van der Waals surface area contributed by atoms with E-state index in [-0.39, 0.29) is 5.91 Å². The molecule has 0 radical (unpaired) electrons. The summed E-state index contributed by atoms with van der Waals surface area (Å²) in [5.41, 5.74) is 2.52. The van der Waals surface area contributed by atoms with Gasteiger partial charge in [-0.1, -0.05) is 48.2 Å². The van der Waals surface area contributed by atoms with Crippen LogP contribution in [0.25, 0.3) is 11.3 Å². The Morgan fingerprint density at radius 1 is 1.11 bits per heavy atom. The van der Waals surface area contributed by atoms with Crippen molar-refractivity contribution in [3.8, 4) is 22.8 Å². The van der Waals surface area contributed by atoms with E-state index in [1.54, 1.807) is 37.1 Å². The van der Waals surface area contributed by atoms with Gasteiger partial charge in [-0.05, 0) is 17.7 Å². The third-order valence-electron chi connectivity index (χ3n) is 3.91. The Morgan fingerprint density at radius 3 is 2.67 bits per heavy atom. The van der Waals surface area contributed by atoms with E-state index in [1.165, 1.54) is 7.11 Å². The molecule has 0 unspecified atom stereocenters. The summed E-state index contributed by atoms with van der Waals surface area (Å²) < 4.78 is 10.5. The van der Waals surface area contributed by atoms with Crippen LogP contribution in [-0.4, -0.2) is 42.4 Å². The van der Waals surface area contributed by atoms with E-state index in [0.29, 0.717) is 29.4 Å². The number of H-pyrrole nitrogens is 1. The maximum absolute atomic E-state index is 12.4. The van der Waals surface area contributed by atoms with Crippen LogP contribution in [0.1, 0.15) is 10.4 Å². The second kappa shape index (κ2) is 9.14. The molecule has 0 atom stereocenters. The highest BCUT2D eigenvalue weighted by molar-refractivity contribution is 7.99. The second-order valence-electron chi connectivity index (χ2n) is 5.61. The van der Waals surface area contributed by atoms with Gasteiger partial charge in [0.05, 0.1) is 31.7 Å². The monoisotopic (exact) mass is 383 g/mol. The number of imidazole rings is 1. The van der Waals surface area contributed by atoms with E-state index in [0.717, 1.165) is 16.4 Å². The van der Waals surface area contributed by atoms with E-state index >= 15 is 0 Å². The molecule has 3 aromatic rings. The third-order valence-corrected chi connectivity index (χ3v) is 4.80. The molecular formula is C20H21N3O3S. The van der Waals surface area contributed by atoms with Gasteiger partial charge in [0.2, 0.25) is 0 Å². The first-order chi connectivity index (χ1) is 13.2. The lowest BCUT2D eigenvalue weighted by atomic mass is 10.1. The summed E-state index contributed by atoms with van der Waals surface area (Å²) in [5, 5.41) is 3.72. The van der Waals surface area contributed by atoms with Gasteiger partial charge in [0.25, 0.3) is 5.91 Å². The van der Waals surface area contributed by atoms with Gasteiger partial charge < -0.3 is 19.8 Å². The Labute approximate surface area is 162 Å². The van der Waals surface area contributed by atoms with Crippen LogP contribution in [-0.2, 0) is 0 Å². The number of carbonyl (C=O) groups is 1. The van der Waals surface area contributed by atoms with Gasteiger partial charge in [-0.25, -0.2) is 4.98 Å². The first kappa shape index (κ1) is 18.8. The number of methoxy groups -OCH3 is 2. The van der Waals surface area contributed by atoms with Crippen molar-refractivity contribution in [2.75, 3.05) is 26.5 Å². The zero-order valence-corrected chi connectivity index (χ0v) is 16.0. The van der Waals surface area contributed by atoms with Crippen LogP contribution in [0, 0.1) is 0 Å². The van der Waals surface area contributed by atoms with Crippen molar-refractivity contribution in [3.63, 3.8) is 0 Å². The molecule has 2 N–H and O–H groups in total. The van der Waals surface area contributed by atoms with E-state index in [9.17, 15) is 4.79 Å². The fraction of sp³-hybridized carbons (Fsp3) is 0.200. The van der Waals surface area contributed by atoms with Crippen molar-refractivity contribution in [2.45, 2.75) is 5.16 Å². The molecule has 0 aliphatic carbocycles. The number of thioether (sulfide) groups is 1. The van der Waals surface area contributed by atoms with Crippen LogP contribution < -0.4 is 14.8 Å². The number of aromatic nitrogens is 2. The molecule has 6 nitrogen and oxygen atoms in total. The minimum Gasteiger partial charge on any atom is -0.493 e. The van der Waals surface area contributed by atoms with Gasteiger partial charge in [0.1, 0.15) is 0 Å². The average Bonchev–Trinajstić information content (AvgIpc) is 3.20. The van der Waals surface area contributed by atoms with Crippen molar-refractivity contribution in [2.24, 2.45) is 0 Å². The summed E-state index contributed by atoms with van der Waals surface area (Å²) >= 11 is 1.55. The van der Waals surface area contributed by atoms with Crippen molar-refractivity contribution >= 4 is 17.7 Å². The molecule has 1 aromatic heterocycles. The van der Waals surface area contributed by atoms with Crippen LogP contribution in [0.5, 0.6) is 11.5 Å². The maximum atomic E-state index is 12.4. The maximum Gasteiger partial charge on any atom is 0.255 e. The number of aromatic amines is 1. The Morgan fingerprint density at radius 2 is 1.93 bits per heavy atom.